The number of aryl methyl sites for hydroxylation is 3. The molecule has 0 aliphatic rings. The van der Waals surface area contributed by atoms with E-state index in [2.05, 4.69) is 60.7 Å². The minimum absolute atomic E-state index is 0.554. The molecule has 0 saturated heterocycles. The minimum Gasteiger partial charge on any atom is -0.332 e. The van der Waals surface area contributed by atoms with E-state index < -0.39 is 0 Å². The van der Waals surface area contributed by atoms with Gasteiger partial charge in [0.1, 0.15) is 0 Å². The normalized spacial score (nSPS) is 10.7. The molecular formula is C17H17N3S2. The van der Waals surface area contributed by atoms with E-state index in [0.717, 1.165) is 16.3 Å². The van der Waals surface area contributed by atoms with Crippen molar-refractivity contribution in [3.05, 3.63) is 53.1 Å². The van der Waals surface area contributed by atoms with Crippen LogP contribution in [0.15, 0.2) is 36.4 Å². The number of benzene rings is 2. The molecule has 1 aromatic heterocycles. The monoisotopic (exact) mass is 327 g/mol. The molecule has 1 heterocycles. The fraction of sp³-hybridized carbons (Fsp3) is 0.176. The van der Waals surface area contributed by atoms with Crippen LogP contribution in [-0.2, 0) is 0 Å². The van der Waals surface area contributed by atoms with Crippen molar-refractivity contribution in [3.63, 3.8) is 0 Å². The Morgan fingerprint density at radius 1 is 1.05 bits per heavy atom. The zero-order chi connectivity index (χ0) is 15.7. The Morgan fingerprint density at radius 3 is 2.59 bits per heavy atom. The summed E-state index contributed by atoms with van der Waals surface area (Å²) in [6, 6.07) is 12.4. The zero-order valence-electron chi connectivity index (χ0n) is 12.7. The highest BCUT2D eigenvalue weighted by Crippen LogP contribution is 2.28. The summed E-state index contributed by atoms with van der Waals surface area (Å²) in [5.41, 5.74) is 5.71. The Bertz CT molecular complexity index is 813. The summed E-state index contributed by atoms with van der Waals surface area (Å²) in [5, 5.41) is 7.72. The summed E-state index contributed by atoms with van der Waals surface area (Å²) < 4.78 is 1.17. The molecule has 3 nitrogen and oxygen atoms in total. The lowest BCUT2D eigenvalue weighted by Crippen LogP contribution is -2.18. The van der Waals surface area contributed by atoms with Crippen molar-refractivity contribution >= 4 is 49.7 Å². The van der Waals surface area contributed by atoms with E-state index in [1.165, 1.54) is 21.4 Å². The van der Waals surface area contributed by atoms with Crippen molar-refractivity contribution in [2.75, 3.05) is 10.6 Å². The lowest BCUT2D eigenvalue weighted by molar-refractivity contribution is 1.35. The Balaban J connectivity index is 1.76. The number of nitrogens with one attached hydrogen (secondary N) is 2. The fourth-order valence-corrected chi connectivity index (χ4v) is 3.45. The third-order valence-corrected chi connectivity index (χ3v) is 4.64. The molecule has 2 N–H and O–H groups in total. The smallest absolute Gasteiger partial charge is 0.190 e. The first-order valence-electron chi connectivity index (χ1n) is 7.04. The SMILES string of the molecule is Cc1cccc(NC(=S)Nc2nc3cc(C)c(C)cc3s2)c1. The maximum absolute atomic E-state index is 5.36. The predicted molar refractivity (Wildman–Crippen MR) is 100 cm³/mol. The Morgan fingerprint density at radius 2 is 1.82 bits per heavy atom. The molecule has 3 rings (SSSR count). The van der Waals surface area contributed by atoms with Gasteiger partial charge in [-0.2, -0.15) is 0 Å². The van der Waals surface area contributed by atoms with E-state index >= 15 is 0 Å². The van der Waals surface area contributed by atoms with Gasteiger partial charge in [-0.15, -0.1) is 0 Å². The highest BCUT2D eigenvalue weighted by atomic mass is 32.1. The molecule has 2 aromatic carbocycles. The highest BCUT2D eigenvalue weighted by molar-refractivity contribution is 7.80. The lowest BCUT2D eigenvalue weighted by atomic mass is 10.1. The van der Waals surface area contributed by atoms with Gasteiger partial charge in [0.25, 0.3) is 0 Å². The van der Waals surface area contributed by atoms with Crippen molar-refractivity contribution < 1.29 is 0 Å². The van der Waals surface area contributed by atoms with Crippen LogP contribution in [0.5, 0.6) is 0 Å². The molecule has 0 aliphatic heterocycles. The third-order valence-electron chi connectivity index (χ3n) is 3.50. The van der Waals surface area contributed by atoms with Gasteiger partial charge >= 0.3 is 0 Å². The van der Waals surface area contributed by atoms with Crippen LogP contribution < -0.4 is 10.6 Å². The standard InChI is InChI=1S/C17H17N3S2/c1-10-5-4-6-13(7-10)18-16(21)20-17-19-14-8-11(2)12(3)9-15(14)22-17/h4-9H,1-3H3,(H2,18,19,20,21). The topological polar surface area (TPSA) is 37.0 Å². The van der Waals surface area contributed by atoms with Crippen LogP contribution in [0.2, 0.25) is 0 Å². The lowest BCUT2D eigenvalue weighted by Gasteiger charge is -2.08. The van der Waals surface area contributed by atoms with Crippen molar-refractivity contribution in [2.45, 2.75) is 20.8 Å². The average molecular weight is 327 g/mol. The number of nitrogens with zero attached hydrogens (tertiary/aromatic N) is 1. The van der Waals surface area contributed by atoms with Crippen LogP contribution in [0.25, 0.3) is 10.2 Å². The molecule has 3 aromatic rings. The minimum atomic E-state index is 0.554. The molecule has 0 amide bonds. The van der Waals surface area contributed by atoms with E-state index in [4.69, 9.17) is 12.2 Å². The summed E-state index contributed by atoms with van der Waals surface area (Å²) in [6.07, 6.45) is 0. The molecule has 0 atom stereocenters. The number of thiazole rings is 1. The van der Waals surface area contributed by atoms with Crippen molar-refractivity contribution in [3.8, 4) is 0 Å². The maximum atomic E-state index is 5.36. The molecule has 22 heavy (non-hydrogen) atoms. The zero-order valence-corrected chi connectivity index (χ0v) is 14.4. The van der Waals surface area contributed by atoms with E-state index in [0.29, 0.717) is 5.11 Å². The number of aromatic nitrogens is 1. The van der Waals surface area contributed by atoms with Gasteiger partial charge in [-0.25, -0.2) is 4.98 Å². The number of thiocarbonyl (C=S) groups is 1. The van der Waals surface area contributed by atoms with Gasteiger partial charge in [0.2, 0.25) is 0 Å². The van der Waals surface area contributed by atoms with Crippen LogP contribution in [-0.4, -0.2) is 10.1 Å². The number of rotatable bonds is 2. The van der Waals surface area contributed by atoms with Crippen LogP contribution >= 0.6 is 23.6 Å². The molecule has 0 aliphatic carbocycles. The van der Waals surface area contributed by atoms with Crippen LogP contribution in [0.1, 0.15) is 16.7 Å². The molecule has 0 fully saturated rings. The van der Waals surface area contributed by atoms with Gasteiger partial charge in [0, 0.05) is 5.69 Å². The summed E-state index contributed by atoms with van der Waals surface area (Å²) in [4.78, 5) is 4.59. The predicted octanol–water partition coefficient (Wildman–Crippen LogP) is 5.03. The maximum Gasteiger partial charge on any atom is 0.190 e. The third kappa shape index (κ3) is 3.26. The van der Waals surface area contributed by atoms with Crippen LogP contribution in [0.3, 0.4) is 0 Å². The second kappa shape index (κ2) is 6.02. The quantitative estimate of drug-likeness (QED) is 0.647. The van der Waals surface area contributed by atoms with E-state index in [9.17, 15) is 0 Å². The number of hydrogen-bond acceptors (Lipinski definition) is 3. The largest absolute Gasteiger partial charge is 0.332 e. The number of hydrogen-bond donors (Lipinski definition) is 2. The van der Waals surface area contributed by atoms with Crippen molar-refractivity contribution in [2.24, 2.45) is 0 Å². The van der Waals surface area contributed by atoms with Crippen molar-refractivity contribution in [1.29, 1.82) is 0 Å². The summed E-state index contributed by atoms with van der Waals surface area (Å²) in [6.45, 7) is 6.27. The Labute approximate surface area is 139 Å². The number of fused-ring (bicyclic) bond motifs is 1. The average Bonchev–Trinajstić information content (AvgIpc) is 2.80. The van der Waals surface area contributed by atoms with E-state index in [1.807, 2.05) is 12.1 Å². The van der Waals surface area contributed by atoms with Crippen LogP contribution in [0.4, 0.5) is 10.8 Å². The first kappa shape index (κ1) is 14.9. The van der Waals surface area contributed by atoms with Crippen LogP contribution in [0, 0.1) is 20.8 Å². The number of anilines is 2. The second-order valence-electron chi connectivity index (χ2n) is 5.37. The summed E-state index contributed by atoms with van der Waals surface area (Å²) >= 11 is 6.97. The fourth-order valence-electron chi connectivity index (χ4n) is 2.22. The first-order valence-corrected chi connectivity index (χ1v) is 8.26. The first-order chi connectivity index (χ1) is 10.5. The van der Waals surface area contributed by atoms with Gasteiger partial charge in [-0.05, 0) is 73.9 Å². The second-order valence-corrected chi connectivity index (χ2v) is 6.81. The molecule has 0 spiro atoms. The van der Waals surface area contributed by atoms with Gasteiger partial charge in [-0.1, -0.05) is 23.5 Å². The van der Waals surface area contributed by atoms with Gasteiger partial charge < -0.3 is 10.6 Å². The van der Waals surface area contributed by atoms with Gasteiger partial charge in [-0.3, -0.25) is 0 Å². The summed E-state index contributed by atoms with van der Waals surface area (Å²) in [5.74, 6) is 0. The highest BCUT2D eigenvalue weighted by Gasteiger charge is 2.07. The Kier molecular flexibility index (Phi) is 4.09. The molecule has 112 valence electrons. The van der Waals surface area contributed by atoms with E-state index in [-0.39, 0.29) is 0 Å². The molecule has 0 unspecified atom stereocenters. The molecule has 0 radical (unpaired) electrons. The van der Waals surface area contributed by atoms with Gasteiger partial charge in [0.05, 0.1) is 10.2 Å². The molecule has 5 heteroatoms. The molecular weight excluding hydrogens is 310 g/mol. The summed E-state index contributed by atoms with van der Waals surface area (Å²) in [7, 11) is 0. The Hall–Kier alpha value is -1.98. The van der Waals surface area contributed by atoms with Crippen molar-refractivity contribution in [1.82, 2.24) is 4.98 Å². The molecule has 0 bridgehead atoms. The molecule has 0 saturated carbocycles. The van der Waals surface area contributed by atoms with E-state index in [1.54, 1.807) is 11.3 Å². The van der Waals surface area contributed by atoms with Gasteiger partial charge in [0.15, 0.2) is 10.2 Å².